The van der Waals surface area contributed by atoms with Crippen molar-refractivity contribution in [1.29, 1.82) is 0 Å². The molecule has 1 aromatic heterocycles. The monoisotopic (exact) mass is 691 g/mol. The standard InChI is InChI=1S/C30H35BrClN5O5S/c1-7-36(8-2)24(38)15-41-27-21(31)13-20(14-23(27)40-6)26-25(28(39)42-17(3)4)18(5)33-29-34-30(35-37(26)29)43-16-19-11-9-10-12-22(19)32/h9-14,17,26H,7-8,15-16H2,1-6H3,(H,33,34,35). The fraction of sp³-hybridized carbons (Fsp3) is 0.400. The molecule has 1 unspecified atom stereocenters. The molecule has 0 aliphatic carbocycles. The number of hydrogen-bond donors (Lipinski definition) is 1. The Hall–Kier alpha value is -3.22. The highest BCUT2D eigenvalue weighted by atomic mass is 79.9. The summed E-state index contributed by atoms with van der Waals surface area (Å²) < 4.78 is 19.5. The van der Waals surface area contributed by atoms with Crippen molar-refractivity contribution in [2.75, 3.05) is 32.1 Å². The SMILES string of the molecule is CCN(CC)C(=O)COc1c(Br)cc(C2C(C(=O)OC(C)C)=C(C)Nc3nc(SCc4ccccc4Cl)nn32)cc1OC. The molecule has 2 aromatic carbocycles. The molecule has 2 heterocycles. The molecule has 1 N–H and O–H groups in total. The molecule has 43 heavy (non-hydrogen) atoms. The highest BCUT2D eigenvalue weighted by molar-refractivity contribution is 9.10. The van der Waals surface area contributed by atoms with Crippen molar-refractivity contribution < 1.29 is 23.8 Å². The number of ether oxygens (including phenoxy) is 3. The Kier molecular flexibility index (Phi) is 11.0. The van der Waals surface area contributed by atoms with Crippen LogP contribution in [0.5, 0.6) is 11.5 Å². The summed E-state index contributed by atoms with van der Waals surface area (Å²) in [6, 6.07) is 10.5. The van der Waals surface area contributed by atoms with Crippen molar-refractivity contribution in [2.24, 2.45) is 0 Å². The van der Waals surface area contributed by atoms with E-state index in [1.165, 1.54) is 18.9 Å². The van der Waals surface area contributed by atoms with Gasteiger partial charge < -0.3 is 24.4 Å². The first-order chi connectivity index (χ1) is 20.6. The minimum atomic E-state index is -0.693. The topological polar surface area (TPSA) is 108 Å². The van der Waals surface area contributed by atoms with Crippen LogP contribution in [0.4, 0.5) is 5.95 Å². The van der Waals surface area contributed by atoms with E-state index >= 15 is 0 Å². The number of carbonyl (C=O) groups is 2. The molecule has 0 radical (unpaired) electrons. The number of fused-ring (bicyclic) bond motifs is 1. The van der Waals surface area contributed by atoms with E-state index in [1.807, 2.05) is 44.2 Å². The van der Waals surface area contributed by atoms with Crippen LogP contribution in [0.2, 0.25) is 5.02 Å². The third-order valence-electron chi connectivity index (χ3n) is 6.73. The number of halogens is 2. The molecule has 3 aromatic rings. The Labute approximate surface area is 269 Å². The van der Waals surface area contributed by atoms with Gasteiger partial charge >= 0.3 is 5.97 Å². The zero-order valence-electron chi connectivity index (χ0n) is 24.9. The molecule has 10 nitrogen and oxygen atoms in total. The number of thioether (sulfide) groups is 1. The predicted octanol–water partition coefficient (Wildman–Crippen LogP) is 6.48. The minimum absolute atomic E-state index is 0.132. The summed E-state index contributed by atoms with van der Waals surface area (Å²) in [7, 11) is 1.52. The number of rotatable bonds is 12. The summed E-state index contributed by atoms with van der Waals surface area (Å²) in [4.78, 5) is 32.5. The first-order valence-corrected chi connectivity index (χ1v) is 16.0. The molecular formula is C30H35BrClN5O5S. The van der Waals surface area contributed by atoms with Gasteiger partial charge in [0, 0.05) is 29.6 Å². The molecular weight excluding hydrogens is 658 g/mol. The van der Waals surface area contributed by atoms with Crippen LogP contribution in [-0.4, -0.2) is 64.5 Å². The molecule has 0 spiro atoms. The first kappa shape index (κ1) is 32.7. The number of nitrogens with one attached hydrogen (secondary N) is 1. The Morgan fingerprint density at radius 2 is 1.93 bits per heavy atom. The Morgan fingerprint density at radius 3 is 2.58 bits per heavy atom. The average molecular weight is 693 g/mol. The molecule has 4 rings (SSSR count). The zero-order valence-corrected chi connectivity index (χ0v) is 28.1. The first-order valence-electron chi connectivity index (χ1n) is 13.9. The van der Waals surface area contributed by atoms with Crippen LogP contribution in [0.15, 0.2) is 57.3 Å². The number of allylic oxidation sites excluding steroid dienone is 1. The van der Waals surface area contributed by atoms with E-state index in [-0.39, 0.29) is 18.6 Å². The molecule has 0 bridgehead atoms. The summed E-state index contributed by atoms with van der Waals surface area (Å²) in [5.74, 6) is 1.21. The van der Waals surface area contributed by atoms with Gasteiger partial charge in [-0.25, -0.2) is 9.48 Å². The molecule has 0 fully saturated rings. The third kappa shape index (κ3) is 7.47. The number of methoxy groups -OCH3 is 1. The van der Waals surface area contributed by atoms with Gasteiger partial charge in [0.1, 0.15) is 6.04 Å². The van der Waals surface area contributed by atoms with Crippen LogP contribution in [-0.2, 0) is 20.1 Å². The molecule has 1 aliphatic rings. The van der Waals surface area contributed by atoms with Gasteiger partial charge in [-0.15, -0.1) is 5.10 Å². The number of hydrogen-bond acceptors (Lipinski definition) is 9. The van der Waals surface area contributed by atoms with Crippen molar-refractivity contribution in [3.8, 4) is 11.5 Å². The normalized spacial score (nSPS) is 14.3. The number of aromatic nitrogens is 3. The zero-order chi connectivity index (χ0) is 31.3. The molecule has 1 amide bonds. The summed E-state index contributed by atoms with van der Waals surface area (Å²) >= 11 is 11.4. The lowest BCUT2D eigenvalue weighted by Gasteiger charge is -2.29. The number of amides is 1. The van der Waals surface area contributed by atoms with E-state index in [9.17, 15) is 9.59 Å². The second kappa shape index (κ2) is 14.5. The number of anilines is 1. The second-order valence-electron chi connectivity index (χ2n) is 9.95. The van der Waals surface area contributed by atoms with Crippen LogP contribution < -0.4 is 14.8 Å². The maximum atomic E-state index is 13.5. The highest BCUT2D eigenvalue weighted by Crippen LogP contribution is 2.43. The van der Waals surface area contributed by atoms with Crippen LogP contribution in [0.25, 0.3) is 0 Å². The van der Waals surface area contributed by atoms with Crippen LogP contribution >= 0.6 is 39.3 Å². The van der Waals surface area contributed by atoms with Crippen LogP contribution in [0, 0.1) is 0 Å². The summed E-state index contributed by atoms with van der Waals surface area (Å²) in [5.41, 5.74) is 2.62. The van der Waals surface area contributed by atoms with Gasteiger partial charge in [-0.05, 0) is 79.9 Å². The van der Waals surface area contributed by atoms with E-state index in [0.717, 1.165) is 5.56 Å². The predicted molar refractivity (Wildman–Crippen MR) is 171 cm³/mol. The molecule has 0 saturated carbocycles. The number of carbonyl (C=O) groups excluding carboxylic acids is 2. The molecule has 13 heteroatoms. The molecule has 0 saturated heterocycles. The second-order valence-corrected chi connectivity index (χ2v) is 12.2. The smallest absolute Gasteiger partial charge is 0.338 e. The van der Waals surface area contributed by atoms with Crippen LogP contribution in [0.1, 0.15) is 51.8 Å². The fourth-order valence-corrected chi connectivity index (χ4v) is 6.33. The summed E-state index contributed by atoms with van der Waals surface area (Å²) in [6.45, 7) is 10.3. The quantitative estimate of drug-likeness (QED) is 0.169. The van der Waals surface area contributed by atoms with Gasteiger partial charge in [0.05, 0.1) is 23.3 Å². The van der Waals surface area contributed by atoms with E-state index < -0.39 is 12.0 Å². The van der Waals surface area contributed by atoms with Gasteiger partial charge in [0.25, 0.3) is 5.91 Å². The minimum Gasteiger partial charge on any atom is -0.493 e. The number of likely N-dealkylation sites (N-methyl/N-ethyl adjacent to an activating group) is 1. The largest absolute Gasteiger partial charge is 0.493 e. The van der Waals surface area contributed by atoms with Crippen molar-refractivity contribution in [3.05, 3.63) is 68.3 Å². The molecule has 1 aliphatic heterocycles. The van der Waals surface area contributed by atoms with Gasteiger partial charge in [0.15, 0.2) is 18.1 Å². The Balaban J connectivity index is 1.73. The highest BCUT2D eigenvalue weighted by Gasteiger charge is 2.36. The maximum absolute atomic E-state index is 13.5. The molecule has 230 valence electrons. The lowest BCUT2D eigenvalue weighted by atomic mass is 9.95. The van der Waals surface area contributed by atoms with Crippen molar-refractivity contribution in [1.82, 2.24) is 19.7 Å². The summed E-state index contributed by atoms with van der Waals surface area (Å²) in [5, 5.41) is 9.19. The van der Waals surface area contributed by atoms with Gasteiger partial charge in [-0.2, -0.15) is 4.98 Å². The Bertz CT molecular complexity index is 1520. The molecule has 1 atom stereocenters. The van der Waals surface area contributed by atoms with Crippen molar-refractivity contribution in [3.63, 3.8) is 0 Å². The number of esters is 1. The fourth-order valence-electron chi connectivity index (χ4n) is 4.64. The Morgan fingerprint density at radius 1 is 1.21 bits per heavy atom. The van der Waals surface area contributed by atoms with Gasteiger partial charge in [0.2, 0.25) is 11.1 Å². The maximum Gasteiger partial charge on any atom is 0.338 e. The van der Waals surface area contributed by atoms with E-state index in [0.29, 0.717) is 67.8 Å². The van der Waals surface area contributed by atoms with E-state index in [2.05, 4.69) is 21.2 Å². The van der Waals surface area contributed by atoms with E-state index in [1.54, 1.807) is 36.4 Å². The van der Waals surface area contributed by atoms with E-state index in [4.69, 9.17) is 35.9 Å². The number of nitrogens with zero attached hydrogens (tertiary/aromatic N) is 4. The van der Waals surface area contributed by atoms with Crippen LogP contribution in [0.3, 0.4) is 0 Å². The lowest BCUT2D eigenvalue weighted by Crippen LogP contribution is -2.34. The average Bonchev–Trinajstić information content (AvgIpc) is 3.37. The third-order valence-corrected chi connectivity index (χ3v) is 8.58. The van der Waals surface area contributed by atoms with Gasteiger partial charge in [-0.1, -0.05) is 41.6 Å². The van der Waals surface area contributed by atoms with Crippen molar-refractivity contribution >= 4 is 57.1 Å². The lowest BCUT2D eigenvalue weighted by molar-refractivity contribution is -0.143. The number of benzene rings is 2. The van der Waals surface area contributed by atoms with Gasteiger partial charge in [-0.3, -0.25) is 4.79 Å². The van der Waals surface area contributed by atoms with Crippen molar-refractivity contribution in [2.45, 2.75) is 57.7 Å². The summed E-state index contributed by atoms with van der Waals surface area (Å²) in [6.07, 6.45) is -0.326.